The highest BCUT2D eigenvalue weighted by Gasteiger charge is 2.01. The second-order valence-electron chi connectivity index (χ2n) is 4.33. The summed E-state index contributed by atoms with van der Waals surface area (Å²) < 4.78 is 1.93. The van der Waals surface area contributed by atoms with Crippen LogP contribution in [0.25, 0.3) is 10.8 Å². The lowest BCUT2D eigenvalue weighted by atomic mass is 10.2. The maximum atomic E-state index is 4.17. The van der Waals surface area contributed by atoms with Crippen LogP contribution in [0.1, 0.15) is 6.42 Å². The second kappa shape index (κ2) is 5.48. The van der Waals surface area contributed by atoms with Gasteiger partial charge in [-0.2, -0.15) is 10.2 Å². The van der Waals surface area contributed by atoms with E-state index in [9.17, 15) is 0 Å². The number of benzene rings is 1. The van der Waals surface area contributed by atoms with Crippen LogP contribution in [0.4, 0.5) is 5.82 Å². The van der Waals surface area contributed by atoms with E-state index in [2.05, 4.69) is 26.7 Å². The van der Waals surface area contributed by atoms with Gasteiger partial charge in [0.05, 0.1) is 6.20 Å². The summed E-state index contributed by atoms with van der Waals surface area (Å²) in [5.74, 6) is 0.846. The summed E-state index contributed by atoms with van der Waals surface area (Å²) in [6.45, 7) is 1.75. The van der Waals surface area contributed by atoms with Crippen LogP contribution in [0.2, 0.25) is 0 Å². The first-order chi connectivity index (χ1) is 9.43. The van der Waals surface area contributed by atoms with E-state index in [0.717, 1.165) is 36.1 Å². The highest BCUT2D eigenvalue weighted by Crippen LogP contribution is 2.18. The summed E-state index contributed by atoms with van der Waals surface area (Å²) >= 11 is 0. The maximum Gasteiger partial charge on any atom is 0.156 e. The summed E-state index contributed by atoms with van der Waals surface area (Å²) in [7, 11) is 0. The molecule has 5 heteroatoms. The zero-order valence-electron chi connectivity index (χ0n) is 10.5. The third-order valence-electron chi connectivity index (χ3n) is 2.99. The third-order valence-corrected chi connectivity index (χ3v) is 2.99. The Morgan fingerprint density at radius 3 is 3.00 bits per heavy atom. The van der Waals surface area contributed by atoms with Gasteiger partial charge in [0.1, 0.15) is 0 Å². The highest BCUT2D eigenvalue weighted by molar-refractivity contribution is 5.90. The van der Waals surface area contributed by atoms with E-state index < -0.39 is 0 Å². The van der Waals surface area contributed by atoms with Gasteiger partial charge in [0, 0.05) is 36.3 Å². The molecule has 2 heterocycles. The zero-order chi connectivity index (χ0) is 12.9. The minimum atomic E-state index is 0.846. The predicted octanol–water partition coefficient (Wildman–Crippen LogP) is 2.33. The molecule has 3 rings (SSSR count). The molecule has 19 heavy (non-hydrogen) atoms. The average molecular weight is 253 g/mol. The predicted molar refractivity (Wildman–Crippen MR) is 74.9 cm³/mol. The van der Waals surface area contributed by atoms with E-state index in [1.165, 1.54) is 0 Å². The molecule has 0 aliphatic heterocycles. The zero-order valence-corrected chi connectivity index (χ0v) is 10.5. The summed E-state index contributed by atoms with van der Waals surface area (Å²) in [5, 5.41) is 17.9. The van der Waals surface area contributed by atoms with Gasteiger partial charge in [-0.05, 0) is 12.5 Å². The SMILES string of the molecule is c1ccc2c(NCCCn3cccn3)nncc2c1. The van der Waals surface area contributed by atoms with E-state index in [1.807, 2.05) is 35.1 Å². The Kier molecular flexibility index (Phi) is 3.36. The molecule has 0 unspecified atom stereocenters. The average Bonchev–Trinajstić information content (AvgIpc) is 2.97. The topological polar surface area (TPSA) is 55.6 Å². The number of rotatable bonds is 5. The van der Waals surface area contributed by atoms with Crippen LogP contribution in [0.3, 0.4) is 0 Å². The number of fused-ring (bicyclic) bond motifs is 1. The van der Waals surface area contributed by atoms with Crippen LogP contribution >= 0.6 is 0 Å². The fourth-order valence-corrected chi connectivity index (χ4v) is 2.04. The molecule has 5 nitrogen and oxygen atoms in total. The molecule has 1 aromatic carbocycles. The molecule has 0 amide bonds. The highest BCUT2D eigenvalue weighted by atomic mass is 15.3. The van der Waals surface area contributed by atoms with E-state index in [0.29, 0.717) is 0 Å². The van der Waals surface area contributed by atoms with Gasteiger partial charge in [-0.15, -0.1) is 5.10 Å². The lowest BCUT2D eigenvalue weighted by Crippen LogP contribution is -2.08. The number of anilines is 1. The monoisotopic (exact) mass is 253 g/mol. The number of hydrogen-bond donors (Lipinski definition) is 1. The molecule has 0 bridgehead atoms. The van der Waals surface area contributed by atoms with Crippen LogP contribution in [0.5, 0.6) is 0 Å². The van der Waals surface area contributed by atoms with Crippen LogP contribution in [-0.2, 0) is 6.54 Å². The Morgan fingerprint density at radius 2 is 2.11 bits per heavy atom. The van der Waals surface area contributed by atoms with E-state index >= 15 is 0 Å². The Labute approximate surface area is 111 Å². The van der Waals surface area contributed by atoms with Gasteiger partial charge < -0.3 is 5.32 Å². The first-order valence-corrected chi connectivity index (χ1v) is 6.35. The molecule has 0 saturated heterocycles. The first-order valence-electron chi connectivity index (χ1n) is 6.35. The van der Waals surface area contributed by atoms with E-state index in [4.69, 9.17) is 0 Å². The van der Waals surface area contributed by atoms with Gasteiger partial charge in [0.2, 0.25) is 0 Å². The Morgan fingerprint density at radius 1 is 1.16 bits per heavy atom. The largest absolute Gasteiger partial charge is 0.368 e. The van der Waals surface area contributed by atoms with Crippen molar-refractivity contribution in [2.24, 2.45) is 0 Å². The van der Waals surface area contributed by atoms with Crippen LogP contribution < -0.4 is 5.32 Å². The molecule has 0 aliphatic rings. The van der Waals surface area contributed by atoms with Crippen molar-refractivity contribution in [2.45, 2.75) is 13.0 Å². The van der Waals surface area contributed by atoms with Crippen molar-refractivity contribution in [3.63, 3.8) is 0 Å². The first kappa shape index (κ1) is 11.6. The molecular weight excluding hydrogens is 238 g/mol. The van der Waals surface area contributed by atoms with Gasteiger partial charge in [-0.3, -0.25) is 4.68 Å². The Hall–Kier alpha value is -2.43. The summed E-state index contributed by atoms with van der Waals surface area (Å²) in [5.41, 5.74) is 0. The van der Waals surface area contributed by atoms with Gasteiger partial charge in [0.15, 0.2) is 5.82 Å². The second-order valence-corrected chi connectivity index (χ2v) is 4.33. The molecule has 0 atom stereocenters. The van der Waals surface area contributed by atoms with E-state index in [-0.39, 0.29) is 0 Å². The lowest BCUT2D eigenvalue weighted by Gasteiger charge is -2.07. The van der Waals surface area contributed by atoms with Crippen molar-refractivity contribution in [3.8, 4) is 0 Å². The van der Waals surface area contributed by atoms with E-state index in [1.54, 1.807) is 12.4 Å². The standard InChI is InChI=1S/C14H15N5/c1-2-6-13-12(5-1)11-16-18-14(13)15-7-3-9-19-10-4-8-17-19/h1-2,4-6,8,10-11H,3,7,9H2,(H,15,18). The van der Waals surface area contributed by atoms with Gasteiger partial charge in [0.25, 0.3) is 0 Å². The molecule has 0 saturated carbocycles. The summed E-state index contributed by atoms with van der Waals surface area (Å²) in [6, 6.07) is 10.0. The maximum absolute atomic E-state index is 4.17. The van der Waals surface area contributed by atoms with Crippen molar-refractivity contribution < 1.29 is 0 Å². The quantitative estimate of drug-likeness (QED) is 0.709. The van der Waals surface area contributed by atoms with Crippen LogP contribution in [-0.4, -0.2) is 26.5 Å². The van der Waals surface area contributed by atoms with Crippen molar-refractivity contribution in [2.75, 3.05) is 11.9 Å². The Bertz CT molecular complexity index is 643. The van der Waals surface area contributed by atoms with Crippen molar-refractivity contribution in [1.29, 1.82) is 0 Å². The molecule has 0 spiro atoms. The third kappa shape index (κ3) is 2.70. The fraction of sp³-hybridized carbons (Fsp3) is 0.214. The molecular formula is C14H15N5. The molecule has 0 aliphatic carbocycles. The number of nitrogens with one attached hydrogen (secondary N) is 1. The van der Waals surface area contributed by atoms with Crippen LogP contribution in [0.15, 0.2) is 48.9 Å². The minimum absolute atomic E-state index is 0.846. The summed E-state index contributed by atoms with van der Waals surface area (Å²) in [4.78, 5) is 0. The minimum Gasteiger partial charge on any atom is -0.368 e. The van der Waals surface area contributed by atoms with Crippen molar-refractivity contribution >= 4 is 16.6 Å². The fourth-order valence-electron chi connectivity index (χ4n) is 2.04. The van der Waals surface area contributed by atoms with Gasteiger partial charge >= 0.3 is 0 Å². The molecule has 0 radical (unpaired) electrons. The lowest BCUT2D eigenvalue weighted by molar-refractivity contribution is 0.591. The van der Waals surface area contributed by atoms with Gasteiger partial charge in [-0.1, -0.05) is 24.3 Å². The van der Waals surface area contributed by atoms with Crippen molar-refractivity contribution in [1.82, 2.24) is 20.0 Å². The van der Waals surface area contributed by atoms with Gasteiger partial charge in [-0.25, -0.2) is 0 Å². The van der Waals surface area contributed by atoms with Crippen molar-refractivity contribution in [3.05, 3.63) is 48.9 Å². The molecule has 0 fully saturated rings. The smallest absolute Gasteiger partial charge is 0.156 e. The molecule has 1 N–H and O–H groups in total. The number of aromatic nitrogens is 4. The number of hydrogen-bond acceptors (Lipinski definition) is 4. The molecule has 3 aromatic rings. The molecule has 96 valence electrons. The number of aryl methyl sites for hydroxylation is 1. The Balaban J connectivity index is 1.62. The van der Waals surface area contributed by atoms with Crippen LogP contribution in [0, 0.1) is 0 Å². The normalized spacial score (nSPS) is 10.7. The molecule has 2 aromatic heterocycles. The number of nitrogens with zero attached hydrogens (tertiary/aromatic N) is 4. The summed E-state index contributed by atoms with van der Waals surface area (Å²) in [6.07, 6.45) is 6.54.